The van der Waals surface area contributed by atoms with Crippen LogP contribution in [0.4, 0.5) is 0 Å². The Morgan fingerprint density at radius 2 is 1.74 bits per heavy atom. The molecule has 0 amide bonds. The van der Waals surface area contributed by atoms with Crippen molar-refractivity contribution >= 4 is 22.6 Å². The second kappa shape index (κ2) is 9.94. The van der Waals surface area contributed by atoms with E-state index >= 15 is 0 Å². The van der Waals surface area contributed by atoms with Gasteiger partial charge < -0.3 is 5.32 Å². The molecule has 1 fully saturated rings. The first kappa shape index (κ1) is 19.1. The van der Waals surface area contributed by atoms with Gasteiger partial charge in [-0.15, -0.1) is 12.4 Å². The molecule has 0 aromatic carbocycles. The number of nitrogens with zero attached hydrogens (tertiary/aromatic N) is 1. The van der Waals surface area contributed by atoms with Crippen molar-refractivity contribution in [1.29, 1.82) is 0 Å². The predicted octanol–water partition coefficient (Wildman–Crippen LogP) is 1.51. The van der Waals surface area contributed by atoms with Gasteiger partial charge in [-0.2, -0.15) is 12.7 Å². The molecule has 116 valence electrons. The lowest BCUT2D eigenvalue weighted by Gasteiger charge is -2.30. The van der Waals surface area contributed by atoms with E-state index in [4.69, 9.17) is 0 Å². The van der Waals surface area contributed by atoms with Crippen molar-refractivity contribution < 1.29 is 8.42 Å². The highest BCUT2D eigenvalue weighted by Gasteiger charge is 2.26. The van der Waals surface area contributed by atoms with E-state index in [1.165, 1.54) is 10.7 Å². The fraction of sp³-hybridized carbons (Fsp3) is 1.00. The zero-order chi connectivity index (χ0) is 13.4. The van der Waals surface area contributed by atoms with Crippen LogP contribution < -0.4 is 10.0 Å². The Balaban J connectivity index is 0.00000324. The lowest BCUT2D eigenvalue weighted by Crippen LogP contribution is -2.46. The van der Waals surface area contributed by atoms with Gasteiger partial charge in [0.2, 0.25) is 0 Å². The van der Waals surface area contributed by atoms with Crippen LogP contribution in [-0.4, -0.2) is 45.4 Å². The Hall–Kier alpha value is 0.120. The van der Waals surface area contributed by atoms with Crippen LogP contribution in [0.25, 0.3) is 0 Å². The summed E-state index contributed by atoms with van der Waals surface area (Å²) in [5, 5.41) is 3.18. The number of hydrogen-bond donors (Lipinski definition) is 2. The summed E-state index contributed by atoms with van der Waals surface area (Å²) in [7, 11) is -1.61. The number of hydrogen-bond acceptors (Lipinski definition) is 3. The first-order valence-corrected chi connectivity index (χ1v) is 8.45. The highest BCUT2D eigenvalue weighted by Crippen LogP contribution is 2.22. The Kier molecular flexibility index (Phi) is 10.00. The zero-order valence-electron chi connectivity index (χ0n) is 12.0. The SMILES string of the molecule is CCCNCCNS(=O)(=O)N(C)C1CCCCC1.Cl. The Bertz CT molecular complexity index is 319. The van der Waals surface area contributed by atoms with Gasteiger partial charge in [-0.3, -0.25) is 0 Å². The van der Waals surface area contributed by atoms with Gasteiger partial charge >= 0.3 is 0 Å². The van der Waals surface area contributed by atoms with Crippen LogP contribution in [0.2, 0.25) is 0 Å². The van der Waals surface area contributed by atoms with E-state index in [9.17, 15) is 8.42 Å². The summed E-state index contributed by atoms with van der Waals surface area (Å²) in [5.74, 6) is 0. The second-order valence-corrected chi connectivity index (χ2v) is 6.77. The lowest BCUT2D eigenvalue weighted by molar-refractivity contribution is 0.283. The minimum absolute atomic E-state index is 0. The molecule has 1 rings (SSSR count). The minimum atomic E-state index is -3.30. The standard InChI is InChI=1S/C12H27N3O2S.ClH/c1-3-9-13-10-11-14-18(16,17)15(2)12-7-5-4-6-8-12;/h12-14H,3-11H2,1-2H3;1H. The van der Waals surface area contributed by atoms with E-state index in [2.05, 4.69) is 17.0 Å². The van der Waals surface area contributed by atoms with Gasteiger partial charge in [0.25, 0.3) is 10.2 Å². The molecule has 5 nitrogen and oxygen atoms in total. The normalized spacial score (nSPS) is 17.4. The molecule has 0 bridgehead atoms. The average Bonchev–Trinajstić information content (AvgIpc) is 2.38. The van der Waals surface area contributed by atoms with Crippen LogP contribution >= 0.6 is 12.4 Å². The molecule has 1 aliphatic rings. The van der Waals surface area contributed by atoms with Gasteiger partial charge in [-0.25, -0.2) is 4.72 Å². The predicted molar refractivity (Wildman–Crippen MR) is 82.0 cm³/mol. The van der Waals surface area contributed by atoms with E-state index in [1.54, 1.807) is 7.05 Å². The topological polar surface area (TPSA) is 61.4 Å². The molecule has 0 saturated heterocycles. The zero-order valence-corrected chi connectivity index (χ0v) is 13.7. The molecule has 0 atom stereocenters. The smallest absolute Gasteiger partial charge is 0.279 e. The van der Waals surface area contributed by atoms with Crippen molar-refractivity contribution in [2.75, 3.05) is 26.7 Å². The fourth-order valence-electron chi connectivity index (χ4n) is 2.31. The molecule has 0 heterocycles. The monoisotopic (exact) mass is 313 g/mol. The maximum Gasteiger partial charge on any atom is 0.279 e. The van der Waals surface area contributed by atoms with Gasteiger partial charge in [-0.1, -0.05) is 26.2 Å². The van der Waals surface area contributed by atoms with Crippen molar-refractivity contribution in [1.82, 2.24) is 14.3 Å². The summed E-state index contributed by atoms with van der Waals surface area (Å²) in [6, 6.07) is 0.180. The Morgan fingerprint density at radius 1 is 1.11 bits per heavy atom. The molecule has 0 aromatic heterocycles. The molecule has 0 spiro atoms. The summed E-state index contributed by atoms with van der Waals surface area (Å²) in [5.41, 5.74) is 0. The van der Waals surface area contributed by atoms with Crippen LogP contribution in [0.15, 0.2) is 0 Å². The Morgan fingerprint density at radius 3 is 2.32 bits per heavy atom. The summed E-state index contributed by atoms with van der Waals surface area (Å²) < 4.78 is 28.3. The number of nitrogens with one attached hydrogen (secondary N) is 2. The fourth-order valence-corrected chi connectivity index (χ4v) is 3.48. The molecule has 1 aliphatic carbocycles. The van der Waals surface area contributed by atoms with Crippen LogP contribution in [0.3, 0.4) is 0 Å². The van der Waals surface area contributed by atoms with E-state index in [-0.39, 0.29) is 18.4 Å². The molecule has 0 radical (unpaired) electrons. The molecule has 0 unspecified atom stereocenters. The molecular weight excluding hydrogens is 286 g/mol. The summed E-state index contributed by atoms with van der Waals surface area (Å²) in [6.07, 6.45) is 6.57. The second-order valence-electron chi connectivity index (χ2n) is 4.96. The van der Waals surface area contributed by atoms with E-state index in [1.807, 2.05) is 0 Å². The van der Waals surface area contributed by atoms with Crippen molar-refractivity contribution in [3.63, 3.8) is 0 Å². The molecular formula is C12H28ClN3O2S. The van der Waals surface area contributed by atoms with E-state index in [0.717, 1.165) is 38.6 Å². The summed E-state index contributed by atoms with van der Waals surface area (Å²) in [6.45, 7) is 4.17. The minimum Gasteiger partial charge on any atom is -0.315 e. The van der Waals surface area contributed by atoms with E-state index < -0.39 is 10.2 Å². The molecule has 2 N–H and O–H groups in total. The van der Waals surface area contributed by atoms with Crippen LogP contribution in [0.5, 0.6) is 0 Å². The molecule has 19 heavy (non-hydrogen) atoms. The Labute approximate surface area is 124 Å². The van der Waals surface area contributed by atoms with Gasteiger partial charge in [0, 0.05) is 26.2 Å². The summed E-state index contributed by atoms with van der Waals surface area (Å²) in [4.78, 5) is 0. The van der Waals surface area contributed by atoms with Gasteiger partial charge in [0.15, 0.2) is 0 Å². The largest absolute Gasteiger partial charge is 0.315 e. The third-order valence-electron chi connectivity index (χ3n) is 3.48. The molecule has 0 aromatic rings. The highest BCUT2D eigenvalue weighted by molar-refractivity contribution is 7.87. The van der Waals surface area contributed by atoms with Gasteiger partial charge in [-0.05, 0) is 25.8 Å². The number of rotatable bonds is 8. The first-order chi connectivity index (χ1) is 8.58. The third-order valence-corrected chi connectivity index (χ3v) is 5.11. The molecule has 1 saturated carbocycles. The van der Waals surface area contributed by atoms with Crippen LogP contribution in [0.1, 0.15) is 45.4 Å². The van der Waals surface area contributed by atoms with Crippen molar-refractivity contribution in [3.8, 4) is 0 Å². The maximum atomic E-state index is 12.0. The number of halogens is 1. The molecule has 0 aliphatic heterocycles. The quantitative estimate of drug-likeness (QED) is 0.668. The lowest BCUT2D eigenvalue weighted by atomic mass is 9.96. The highest BCUT2D eigenvalue weighted by atomic mass is 35.5. The maximum absolute atomic E-state index is 12.0. The average molecular weight is 314 g/mol. The van der Waals surface area contributed by atoms with Crippen molar-refractivity contribution in [3.05, 3.63) is 0 Å². The molecule has 7 heteroatoms. The summed E-state index contributed by atoms with van der Waals surface area (Å²) >= 11 is 0. The third kappa shape index (κ3) is 6.90. The van der Waals surface area contributed by atoms with Gasteiger partial charge in [0.05, 0.1) is 0 Å². The van der Waals surface area contributed by atoms with E-state index in [0.29, 0.717) is 13.1 Å². The van der Waals surface area contributed by atoms with Crippen LogP contribution in [0, 0.1) is 0 Å². The first-order valence-electron chi connectivity index (χ1n) is 7.01. The van der Waals surface area contributed by atoms with Crippen LogP contribution in [-0.2, 0) is 10.2 Å². The van der Waals surface area contributed by atoms with Crippen molar-refractivity contribution in [2.45, 2.75) is 51.5 Å². The van der Waals surface area contributed by atoms with Gasteiger partial charge in [0.1, 0.15) is 0 Å². The van der Waals surface area contributed by atoms with Crippen molar-refractivity contribution in [2.24, 2.45) is 0 Å².